The van der Waals surface area contributed by atoms with Crippen molar-refractivity contribution in [1.82, 2.24) is 29.7 Å². The molecule has 0 bridgehead atoms. The average molecular weight is 785 g/mol. The van der Waals surface area contributed by atoms with Crippen molar-refractivity contribution < 1.29 is 0 Å². The summed E-state index contributed by atoms with van der Waals surface area (Å²) in [4.78, 5) is 17.0. The van der Waals surface area contributed by atoms with E-state index in [0.29, 0.717) is 0 Å². The summed E-state index contributed by atoms with van der Waals surface area (Å²) in [5.41, 5.74) is 12.5. The molecule has 0 radical (unpaired) electrons. The van der Waals surface area contributed by atoms with Crippen LogP contribution in [0.2, 0.25) is 0 Å². The number of aromatic nitrogens is 6. The zero-order valence-electron chi connectivity index (χ0n) is 42.2. The molecule has 0 atom stereocenters. The molecule has 6 nitrogen and oxygen atoms in total. The molecule has 0 fully saturated rings. The van der Waals surface area contributed by atoms with Crippen molar-refractivity contribution in [3.05, 3.63) is 93.3 Å². The average Bonchev–Trinajstić information content (AvgIpc) is 3.60. The lowest BCUT2D eigenvalue weighted by molar-refractivity contribution is 0.514. The minimum atomic E-state index is 0.105. The third-order valence-corrected chi connectivity index (χ3v) is 9.80. The van der Waals surface area contributed by atoms with Crippen molar-refractivity contribution in [3.63, 3.8) is 0 Å². The fourth-order valence-electron chi connectivity index (χ4n) is 6.13. The molecule has 4 heterocycles. The molecular formula is C51H88N6. The van der Waals surface area contributed by atoms with Crippen molar-refractivity contribution in [3.8, 4) is 0 Å². The van der Waals surface area contributed by atoms with Crippen LogP contribution in [0.5, 0.6) is 0 Å². The van der Waals surface area contributed by atoms with E-state index in [-0.39, 0.29) is 43.3 Å². The van der Waals surface area contributed by atoms with E-state index >= 15 is 0 Å². The molecule has 0 aromatic carbocycles. The first-order valence-corrected chi connectivity index (χ1v) is 21.1. The molecule has 0 aliphatic carbocycles. The molecule has 1 N–H and O–H groups in total. The van der Waals surface area contributed by atoms with Gasteiger partial charge in [0.25, 0.3) is 0 Å². The van der Waals surface area contributed by atoms with Crippen molar-refractivity contribution in [1.29, 1.82) is 0 Å². The van der Waals surface area contributed by atoms with E-state index in [0.717, 1.165) is 5.82 Å². The van der Waals surface area contributed by atoms with Gasteiger partial charge < -0.3 is 4.98 Å². The molecule has 4 aromatic rings. The van der Waals surface area contributed by atoms with Gasteiger partial charge in [0.1, 0.15) is 5.82 Å². The zero-order chi connectivity index (χ0) is 45.1. The number of hydrogen-bond acceptors (Lipinski definition) is 4. The van der Waals surface area contributed by atoms with E-state index in [1.54, 1.807) is 0 Å². The number of imidazole rings is 1. The maximum atomic E-state index is 4.70. The molecule has 0 saturated carbocycles. The van der Waals surface area contributed by atoms with Crippen LogP contribution in [0.3, 0.4) is 0 Å². The fraction of sp³-hybridized carbons (Fsp3) is 0.686. The Hall–Kier alpha value is -3.28. The Morgan fingerprint density at radius 3 is 1.28 bits per heavy atom. The third-order valence-electron chi connectivity index (χ3n) is 9.80. The first kappa shape index (κ1) is 51.7. The van der Waals surface area contributed by atoms with Gasteiger partial charge in [0.05, 0.1) is 11.4 Å². The molecule has 0 spiro atoms. The SMILES string of the molecule is CC(C)(C)c1ccnc(C(C)(C)C)c1.Cc1[nH]c(C(C)(C)C)nc1C(C)(C)C.Cc1cnc(C(C)(C)C)cc1C(C)(C)C.Cn1nc(C(C)(C)C)cc1C(C)(C)C. The van der Waals surface area contributed by atoms with Crippen LogP contribution in [-0.4, -0.2) is 29.7 Å². The van der Waals surface area contributed by atoms with Crippen LogP contribution >= 0.6 is 0 Å². The molecule has 4 aromatic heterocycles. The lowest BCUT2D eigenvalue weighted by Gasteiger charge is -2.25. The molecule has 57 heavy (non-hydrogen) atoms. The topological polar surface area (TPSA) is 72.3 Å². The maximum absolute atomic E-state index is 4.70. The molecule has 0 aliphatic rings. The first-order chi connectivity index (χ1) is 25.1. The number of aromatic amines is 1. The third kappa shape index (κ3) is 16.1. The van der Waals surface area contributed by atoms with Crippen LogP contribution in [-0.2, 0) is 50.4 Å². The van der Waals surface area contributed by atoms with Crippen molar-refractivity contribution in [2.75, 3.05) is 0 Å². The maximum Gasteiger partial charge on any atom is 0.111 e. The minimum absolute atomic E-state index is 0.105. The van der Waals surface area contributed by atoms with Gasteiger partial charge in [0, 0.05) is 74.7 Å². The van der Waals surface area contributed by atoms with Gasteiger partial charge in [-0.05, 0) is 65.6 Å². The van der Waals surface area contributed by atoms with E-state index < -0.39 is 0 Å². The van der Waals surface area contributed by atoms with Crippen LogP contribution in [0, 0.1) is 13.8 Å². The second-order valence-corrected chi connectivity index (χ2v) is 24.4. The van der Waals surface area contributed by atoms with E-state index in [9.17, 15) is 0 Å². The summed E-state index contributed by atoms with van der Waals surface area (Å²) in [5, 5.41) is 4.57. The number of rotatable bonds is 0. The monoisotopic (exact) mass is 785 g/mol. The van der Waals surface area contributed by atoms with Gasteiger partial charge in [-0.2, -0.15) is 5.10 Å². The van der Waals surface area contributed by atoms with E-state index in [1.807, 2.05) is 24.1 Å². The Morgan fingerprint density at radius 1 is 0.491 bits per heavy atom. The molecule has 322 valence electrons. The molecule has 0 saturated heterocycles. The Morgan fingerprint density at radius 2 is 0.965 bits per heavy atom. The lowest BCUT2D eigenvalue weighted by Crippen LogP contribution is -2.19. The van der Waals surface area contributed by atoms with Gasteiger partial charge in [-0.1, -0.05) is 166 Å². The molecule has 4 rings (SSSR count). The standard InChI is InChI=1S/C14H23N.C13H21N.2C12H22N2/c1-10-9-15-12(14(5,6)7)8-11(10)13(2,3)4;1-12(2,3)10-7-8-14-11(9-10)13(4,5)6;1-11(2,3)9-8-10(12(4,5)6)14(7)13-9;1-8-9(11(2,3)4)14-10(13-8)12(5,6)7/h8-9H,1-7H3;7-9H,1-6H3;8H,1-7H3;1-7H3,(H,13,14). The summed E-state index contributed by atoms with van der Waals surface area (Å²) in [6, 6.07) is 8.81. The highest BCUT2D eigenvalue weighted by Crippen LogP contribution is 2.31. The normalized spacial score (nSPS) is 13.2. The van der Waals surface area contributed by atoms with E-state index in [2.05, 4.69) is 224 Å². The highest BCUT2D eigenvalue weighted by atomic mass is 15.3. The van der Waals surface area contributed by atoms with Gasteiger partial charge in [-0.3, -0.25) is 14.6 Å². The smallest absolute Gasteiger partial charge is 0.111 e. The van der Waals surface area contributed by atoms with Gasteiger partial charge in [0.2, 0.25) is 0 Å². The van der Waals surface area contributed by atoms with E-state index in [4.69, 9.17) is 4.98 Å². The van der Waals surface area contributed by atoms with Crippen LogP contribution in [0.1, 0.15) is 223 Å². The lowest BCUT2D eigenvalue weighted by atomic mass is 9.81. The summed E-state index contributed by atoms with van der Waals surface area (Å²) in [7, 11) is 2.02. The predicted molar refractivity (Wildman–Crippen MR) is 249 cm³/mol. The minimum Gasteiger partial charge on any atom is -0.345 e. The Labute approximate surface area is 352 Å². The number of pyridine rings is 2. The number of nitrogens with one attached hydrogen (secondary N) is 1. The fourth-order valence-corrected chi connectivity index (χ4v) is 6.13. The van der Waals surface area contributed by atoms with Crippen LogP contribution in [0.4, 0.5) is 0 Å². The summed E-state index contributed by atoms with van der Waals surface area (Å²) in [6.45, 7) is 57.3. The van der Waals surface area contributed by atoms with E-state index in [1.165, 1.54) is 50.9 Å². The Kier molecular flexibility index (Phi) is 16.3. The van der Waals surface area contributed by atoms with Crippen molar-refractivity contribution in [2.24, 2.45) is 7.05 Å². The number of aryl methyl sites for hydroxylation is 3. The highest BCUT2D eigenvalue weighted by molar-refractivity contribution is 5.34. The number of nitrogens with zero attached hydrogens (tertiary/aromatic N) is 5. The van der Waals surface area contributed by atoms with Crippen molar-refractivity contribution in [2.45, 2.75) is 223 Å². The highest BCUT2D eigenvalue weighted by Gasteiger charge is 2.27. The molecule has 0 aliphatic heterocycles. The van der Waals surface area contributed by atoms with Crippen LogP contribution in [0.15, 0.2) is 36.7 Å². The van der Waals surface area contributed by atoms with Crippen molar-refractivity contribution >= 4 is 0 Å². The quantitative estimate of drug-likeness (QED) is 0.193. The Bertz CT molecular complexity index is 1760. The van der Waals surface area contributed by atoms with Crippen LogP contribution in [0.25, 0.3) is 0 Å². The molecule has 0 unspecified atom stereocenters. The van der Waals surface area contributed by atoms with Gasteiger partial charge in [0.15, 0.2) is 0 Å². The summed E-state index contributed by atoms with van der Waals surface area (Å²) < 4.78 is 2.00. The zero-order valence-corrected chi connectivity index (χ0v) is 42.2. The summed E-state index contributed by atoms with van der Waals surface area (Å²) in [6.07, 6.45) is 3.92. The second-order valence-electron chi connectivity index (χ2n) is 24.4. The summed E-state index contributed by atoms with van der Waals surface area (Å²) >= 11 is 0. The number of H-pyrrole nitrogens is 1. The molecular weight excluding hydrogens is 697 g/mol. The molecule has 6 heteroatoms. The summed E-state index contributed by atoms with van der Waals surface area (Å²) in [5.74, 6) is 1.08. The molecule has 0 amide bonds. The van der Waals surface area contributed by atoms with Crippen LogP contribution < -0.4 is 0 Å². The van der Waals surface area contributed by atoms with Gasteiger partial charge in [-0.15, -0.1) is 0 Å². The largest absolute Gasteiger partial charge is 0.345 e. The Balaban J connectivity index is 0.000000380. The second kappa shape index (κ2) is 17.9. The van der Waals surface area contributed by atoms with Gasteiger partial charge in [-0.25, -0.2) is 4.98 Å². The first-order valence-electron chi connectivity index (χ1n) is 21.1. The number of hydrogen-bond donors (Lipinski definition) is 1. The predicted octanol–water partition coefficient (Wildman–Crippen LogP) is 14.0. The van der Waals surface area contributed by atoms with Gasteiger partial charge >= 0.3 is 0 Å².